The van der Waals surface area contributed by atoms with Gasteiger partial charge in [0.15, 0.2) is 0 Å². The van der Waals surface area contributed by atoms with Crippen LogP contribution < -0.4 is 5.56 Å². The van der Waals surface area contributed by atoms with Crippen LogP contribution >= 0.6 is 11.8 Å². The van der Waals surface area contributed by atoms with Crippen molar-refractivity contribution >= 4 is 22.7 Å². The molecule has 4 aromatic rings. The highest BCUT2D eigenvalue weighted by molar-refractivity contribution is 7.98. The smallest absolute Gasteiger partial charge is 0.278 e. The number of hydrogen-bond acceptors (Lipinski definition) is 7. The van der Waals surface area contributed by atoms with Crippen molar-refractivity contribution in [2.75, 3.05) is 0 Å². The zero-order chi connectivity index (χ0) is 17.2. The summed E-state index contributed by atoms with van der Waals surface area (Å²) >= 11 is 1.24. The minimum Gasteiger partial charge on any atom is -0.411 e. The Kier molecular flexibility index (Phi) is 4.02. The van der Waals surface area contributed by atoms with E-state index in [2.05, 4.69) is 20.5 Å². The Morgan fingerprint density at radius 2 is 1.84 bits per heavy atom. The van der Waals surface area contributed by atoms with Crippen LogP contribution in [-0.4, -0.2) is 25.2 Å². The molecule has 0 bridgehead atoms. The second kappa shape index (κ2) is 6.48. The van der Waals surface area contributed by atoms with Crippen molar-refractivity contribution in [3.05, 3.63) is 64.4 Å². The number of fused-ring (bicyclic) bond motifs is 1. The number of thioether (sulfide) groups is 1. The third-order valence-corrected chi connectivity index (χ3v) is 4.43. The highest BCUT2D eigenvalue weighted by Crippen LogP contribution is 2.23. The Morgan fingerprint density at radius 1 is 1.04 bits per heavy atom. The Balaban J connectivity index is 1.53. The summed E-state index contributed by atoms with van der Waals surface area (Å²) in [7, 11) is 0. The molecule has 2 aromatic heterocycles. The maximum Gasteiger partial charge on any atom is 0.278 e. The summed E-state index contributed by atoms with van der Waals surface area (Å²) in [5.74, 6) is 0.686. The summed E-state index contributed by atoms with van der Waals surface area (Å²) in [5.41, 5.74) is 2.39. The Hall–Kier alpha value is -3.00. The van der Waals surface area contributed by atoms with Gasteiger partial charge in [0.1, 0.15) is 11.4 Å². The van der Waals surface area contributed by atoms with Gasteiger partial charge >= 0.3 is 0 Å². The molecule has 8 heteroatoms. The second-order valence-corrected chi connectivity index (χ2v) is 6.32. The van der Waals surface area contributed by atoms with Gasteiger partial charge in [0.2, 0.25) is 5.89 Å². The first-order chi connectivity index (χ1) is 12.2. The van der Waals surface area contributed by atoms with E-state index in [0.717, 1.165) is 11.1 Å². The minimum atomic E-state index is -0.198. The van der Waals surface area contributed by atoms with Crippen molar-refractivity contribution < 1.29 is 4.42 Å². The van der Waals surface area contributed by atoms with E-state index in [4.69, 9.17) is 4.42 Å². The third kappa shape index (κ3) is 3.16. The van der Waals surface area contributed by atoms with E-state index < -0.39 is 0 Å². The van der Waals surface area contributed by atoms with Crippen LogP contribution in [0.1, 0.15) is 5.56 Å². The van der Waals surface area contributed by atoms with E-state index >= 15 is 0 Å². The van der Waals surface area contributed by atoms with Crippen LogP contribution in [0, 0.1) is 6.92 Å². The van der Waals surface area contributed by atoms with Crippen molar-refractivity contribution in [2.45, 2.75) is 18.0 Å². The lowest BCUT2D eigenvalue weighted by Gasteiger charge is -2.02. The highest BCUT2D eigenvalue weighted by Gasteiger charge is 2.11. The van der Waals surface area contributed by atoms with Gasteiger partial charge in [-0.3, -0.25) is 4.79 Å². The van der Waals surface area contributed by atoms with Gasteiger partial charge in [0.05, 0.1) is 5.39 Å². The largest absolute Gasteiger partial charge is 0.411 e. The van der Waals surface area contributed by atoms with Gasteiger partial charge in [-0.1, -0.05) is 35.0 Å². The summed E-state index contributed by atoms with van der Waals surface area (Å²) in [6.07, 6.45) is 0. The van der Waals surface area contributed by atoms with Gasteiger partial charge in [-0.25, -0.2) is 0 Å². The van der Waals surface area contributed by atoms with Crippen LogP contribution in [0.5, 0.6) is 0 Å². The normalized spacial score (nSPS) is 11.1. The number of aromatic nitrogens is 5. The molecule has 0 aliphatic rings. The highest BCUT2D eigenvalue weighted by atomic mass is 32.2. The van der Waals surface area contributed by atoms with Crippen molar-refractivity contribution in [1.29, 1.82) is 0 Å². The predicted octanol–water partition coefficient (Wildman–Crippen LogP) is 2.90. The average molecular weight is 351 g/mol. The number of aryl methyl sites for hydroxylation is 1. The van der Waals surface area contributed by atoms with Gasteiger partial charge in [-0.05, 0) is 43.0 Å². The van der Waals surface area contributed by atoms with Crippen LogP contribution in [0.15, 0.2) is 63.0 Å². The quantitative estimate of drug-likeness (QED) is 0.522. The number of rotatable bonds is 4. The SMILES string of the molecule is Cc1ccc(-c2nnc(SCn3nnc4ccccc4c3=O)o2)cc1. The fourth-order valence-corrected chi connectivity index (χ4v) is 2.94. The molecule has 0 N–H and O–H groups in total. The van der Waals surface area contributed by atoms with Gasteiger partial charge in [0.25, 0.3) is 10.8 Å². The Morgan fingerprint density at radius 3 is 2.68 bits per heavy atom. The molecule has 0 aliphatic carbocycles. The minimum absolute atomic E-state index is 0.198. The number of hydrogen-bond donors (Lipinski definition) is 0. The molecule has 25 heavy (non-hydrogen) atoms. The van der Waals surface area contributed by atoms with Crippen molar-refractivity contribution in [2.24, 2.45) is 0 Å². The number of nitrogens with zero attached hydrogens (tertiary/aromatic N) is 5. The van der Waals surface area contributed by atoms with Crippen LogP contribution in [-0.2, 0) is 5.88 Å². The predicted molar refractivity (Wildman–Crippen MR) is 94.1 cm³/mol. The topological polar surface area (TPSA) is 86.7 Å². The van der Waals surface area contributed by atoms with E-state index in [-0.39, 0.29) is 11.4 Å². The van der Waals surface area contributed by atoms with Crippen molar-refractivity contribution in [3.63, 3.8) is 0 Å². The molecule has 0 atom stereocenters. The molecule has 0 fully saturated rings. The Labute approximate surface area is 146 Å². The van der Waals surface area contributed by atoms with E-state index in [9.17, 15) is 4.79 Å². The molecule has 2 aromatic carbocycles. The van der Waals surface area contributed by atoms with Crippen LogP contribution in [0.4, 0.5) is 0 Å². The first-order valence-corrected chi connectivity index (χ1v) is 8.55. The molecule has 2 heterocycles. The van der Waals surface area contributed by atoms with Crippen LogP contribution in [0.2, 0.25) is 0 Å². The summed E-state index contributed by atoms with van der Waals surface area (Å²) in [6.45, 7) is 2.02. The molecule has 0 amide bonds. The maximum absolute atomic E-state index is 12.4. The summed E-state index contributed by atoms with van der Waals surface area (Å²) in [4.78, 5) is 12.4. The maximum atomic E-state index is 12.4. The fourth-order valence-electron chi connectivity index (χ4n) is 2.31. The molecular weight excluding hydrogens is 338 g/mol. The van der Waals surface area contributed by atoms with Gasteiger partial charge in [-0.2, -0.15) is 4.68 Å². The zero-order valence-corrected chi connectivity index (χ0v) is 14.1. The summed E-state index contributed by atoms with van der Waals surface area (Å²) in [5, 5.41) is 16.9. The van der Waals surface area contributed by atoms with E-state index in [1.807, 2.05) is 37.3 Å². The second-order valence-electron chi connectivity index (χ2n) is 5.42. The third-order valence-electron chi connectivity index (χ3n) is 3.64. The molecule has 0 saturated carbocycles. The molecule has 0 aliphatic heterocycles. The lowest BCUT2D eigenvalue weighted by atomic mass is 10.1. The molecule has 0 radical (unpaired) electrons. The van der Waals surface area contributed by atoms with E-state index in [1.54, 1.807) is 18.2 Å². The monoisotopic (exact) mass is 351 g/mol. The lowest BCUT2D eigenvalue weighted by molar-refractivity contribution is 0.464. The van der Waals surface area contributed by atoms with Gasteiger partial charge in [0, 0.05) is 5.56 Å². The molecule has 0 saturated heterocycles. The number of benzene rings is 2. The fraction of sp³-hybridized carbons (Fsp3) is 0.118. The zero-order valence-electron chi connectivity index (χ0n) is 13.3. The first kappa shape index (κ1) is 15.5. The van der Waals surface area contributed by atoms with E-state index in [1.165, 1.54) is 16.4 Å². The lowest BCUT2D eigenvalue weighted by Crippen LogP contribution is -2.23. The molecule has 7 nitrogen and oxygen atoms in total. The molecule has 124 valence electrons. The summed E-state index contributed by atoms with van der Waals surface area (Å²) < 4.78 is 6.92. The molecule has 0 unspecified atom stereocenters. The van der Waals surface area contributed by atoms with Crippen molar-refractivity contribution in [3.8, 4) is 11.5 Å². The first-order valence-electron chi connectivity index (χ1n) is 7.56. The standard InChI is InChI=1S/C17H13N5O2S/c1-11-6-8-12(9-7-11)15-19-20-17(24-15)25-10-22-16(23)13-4-2-3-5-14(13)18-21-22/h2-9H,10H2,1H3. The van der Waals surface area contributed by atoms with Crippen molar-refractivity contribution in [1.82, 2.24) is 25.2 Å². The molecule has 0 spiro atoms. The Bertz CT molecular complexity index is 1090. The van der Waals surface area contributed by atoms with Crippen LogP contribution in [0.25, 0.3) is 22.4 Å². The molecule has 4 rings (SSSR count). The molecular formula is C17H13N5O2S. The average Bonchev–Trinajstić information content (AvgIpc) is 3.11. The van der Waals surface area contributed by atoms with Gasteiger partial charge in [-0.15, -0.1) is 15.3 Å². The van der Waals surface area contributed by atoms with Gasteiger partial charge < -0.3 is 4.42 Å². The van der Waals surface area contributed by atoms with E-state index in [0.29, 0.717) is 22.0 Å². The van der Waals surface area contributed by atoms with Crippen LogP contribution in [0.3, 0.4) is 0 Å². The summed E-state index contributed by atoms with van der Waals surface area (Å²) in [6, 6.07) is 14.9.